The molecule has 0 N–H and O–H groups in total. The first-order valence-corrected chi connectivity index (χ1v) is 4.79. The van der Waals surface area contributed by atoms with Gasteiger partial charge in [-0.25, -0.2) is 14.8 Å². The minimum atomic E-state index is -0.428. The van der Waals surface area contributed by atoms with Crippen LogP contribution in [0.3, 0.4) is 0 Å². The number of allylic oxidation sites excluding steroid dienone is 1. The van der Waals surface area contributed by atoms with E-state index in [1.165, 1.54) is 7.11 Å². The van der Waals surface area contributed by atoms with Gasteiger partial charge in [-0.1, -0.05) is 6.08 Å². The minimum Gasteiger partial charge on any atom is -0.464 e. The van der Waals surface area contributed by atoms with Gasteiger partial charge < -0.3 is 4.74 Å². The zero-order valence-corrected chi connectivity index (χ0v) is 8.77. The summed E-state index contributed by atoms with van der Waals surface area (Å²) in [5, 5.41) is 0. The number of aromatic nitrogens is 2. The molecule has 0 atom stereocenters. The molecule has 0 saturated heterocycles. The van der Waals surface area contributed by atoms with Crippen LogP contribution in [-0.2, 0) is 11.2 Å². The second-order valence-electron chi connectivity index (χ2n) is 3.03. The lowest BCUT2D eigenvalue weighted by Crippen LogP contribution is -2.07. The first kappa shape index (κ1) is 11.4. The fourth-order valence-electron chi connectivity index (χ4n) is 1.14. The molecule has 0 aliphatic heterocycles. The Morgan fingerprint density at radius 2 is 2.47 bits per heavy atom. The van der Waals surface area contributed by atoms with Crippen LogP contribution in [0.25, 0.3) is 0 Å². The van der Waals surface area contributed by atoms with E-state index in [9.17, 15) is 4.79 Å². The third-order valence-corrected chi connectivity index (χ3v) is 1.91. The summed E-state index contributed by atoms with van der Waals surface area (Å²) in [4.78, 5) is 19.3. The molecule has 0 aromatic carbocycles. The van der Waals surface area contributed by atoms with Crippen molar-refractivity contribution in [3.8, 4) is 0 Å². The Bertz CT molecular complexity index is 350. The number of esters is 1. The van der Waals surface area contributed by atoms with Crippen LogP contribution in [-0.4, -0.2) is 23.0 Å². The maximum Gasteiger partial charge on any atom is 0.356 e. The SMILES string of the molecule is C=CCCCc1nccc(C(=O)OC)n1. The van der Waals surface area contributed by atoms with Crippen LogP contribution in [0.2, 0.25) is 0 Å². The Morgan fingerprint density at radius 3 is 3.13 bits per heavy atom. The Kier molecular flexibility index (Phi) is 4.47. The summed E-state index contributed by atoms with van der Waals surface area (Å²) in [7, 11) is 1.34. The summed E-state index contributed by atoms with van der Waals surface area (Å²) in [6, 6.07) is 1.54. The van der Waals surface area contributed by atoms with E-state index in [1.807, 2.05) is 6.08 Å². The molecule has 1 heterocycles. The number of aryl methyl sites for hydroxylation is 1. The highest BCUT2D eigenvalue weighted by molar-refractivity contribution is 5.86. The van der Waals surface area contributed by atoms with Crippen molar-refractivity contribution in [1.82, 2.24) is 9.97 Å². The van der Waals surface area contributed by atoms with Crippen LogP contribution in [0.1, 0.15) is 29.2 Å². The van der Waals surface area contributed by atoms with Crippen molar-refractivity contribution in [3.63, 3.8) is 0 Å². The zero-order chi connectivity index (χ0) is 11.1. The van der Waals surface area contributed by atoms with Crippen LogP contribution in [0, 0.1) is 0 Å². The average Bonchev–Trinajstić information content (AvgIpc) is 2.29. The van der Waals surface area contributed by atoms with E-state index in [-0.39, 0.29) is 0 Å². The molecule has 0 saturated carbocycles. The minimum absolute atomic E-state index is 0.307. The van der Waals surface area contributed by atoms with E-state index in [4.69, 9.17) is 0 Å². The average molecular weight is 206 g/mol. The van der Waals surface area contributed by atoms with Crippen molar-refractivity contribution in [2.75, 3.05) is 7.11 Å². The van der Waals surface area contributed by atoms with Gasteiger partial charge in [-0.05, 0) is 18.9 Å². The molecule has 0 radical (unpaired) electrons. The predicted octanol–water partition coefficient (Wildman–Crippen LogP) is 1.77. The number of nitrogens with zero attached hydrogens (tertiary/aromatic N) is 2. The van der Waals surface area contributed by atoms with Crippen LogP contribution < -0.4 is 0 Å². The van der Waals surface area contributed by atoms with E-state index in [2.05, 4.69) is 21.3 Å². The molecule has 0 fully saturated rings. The summed E-state index contributed by atoms with van der Waals surface area (Å²) in [5.74, 6) is 0.238. The molecule has 80 valence electrons. The molecule has 4 nitrogen and oxygen atoms in total. The molecule has 0 spiro atoms. The van der Waals surface area contributed by atoms with Gasteiger partial charge in [-0.2, -0.15) is 0 Å². The van der Waals surface area contributed by atoms with Gasteiger partial charge in [0.2, 0.25) is 0 Å². The highest BCUT2D eigenvalue weighted by Gasteiger charge is 2.07. The van der Waals surface area contributed by atoms with Crippen molar-refractivity contribution in [2.24, 2.45) is 0 Å². The van der Waals surface area contributed by atoms with Gasteiger partial charge in [-0.3, -0.25) is 0 Å². The smallest absolute Gasteiger partial charge is 0.356 e. The fourth-order valence-corrected chi connectivity index (χ4v) is 1.14. The monoisotopic (exact) mass is 206 g/mol. The molecule has 0 aliphatic carbocycles. The molecule has 0 unspecified atom stereocenters. The molecule has 0 amide bonds. The second kappa shape index (κ2) is 5.90. The molecular weight excluding hydrogens is 192 g/mol. The van der Waals surface area contributed by atoms with E-state index in [0.717, 1.165) is 19.3 Å². The van der Waals surface area contributed by atoms with Crippen molar-refractivity contribution < 1.29 is 9.53 Å². The lowest BCUT2D eigenvalue weighted by molar-refractivity contribution is 0.0593. The normalized spacial score (nSPS) is 9.67. The predicted molar refractivity (Wildman–Crippen MR) is 56.5 cm³/mol. The summed E-state index contributed by atoms with van der Waals surface area (Å²) < 4.78 is 4.57. The van der Waals surface area contributed by atoms with Gasteiger partial charge in [0, 0.05) is 12.6 Å². The Labute approximate surface area is 89.0 Å². The maximum atomic E-state index is 11.2. The van der Waals surface area contributed by atoms with Gasteiger partial charge in [0.25, 0.3) is 0 Å². The van der Waals surface area contributed by atoms with Crippen LogP contribution in [0.15, 0.2) is 24.9 Å². The number of ether oxygens (including phenoxy) is 1. The molecule has 0 bridgehead atoms. The largest absolute Gasteiger partial charge is 0.464 e. The van der Waals surface area contributed by atoms with Crippen LogP contribution in [0.5, 0.6) is 0 Å². The summed E-state index contributed by atoms with van der Waals surface area (Å²) in [6.07, 6.45) is 6.03. The topological polar surface area (TPSA) is 52.1 Å². The first-order chi connectivity index (χ1) is 7.27. The molecule has 1 rings (SSSR count). The molecule has 0 aliphatic rings. The van der Waals surface area contributed by atoms with E-state index < -0.39 is 5.97 Å². The number of hydrogen-bond donors (Lipinski definition) is 0. The third kappa shape index (κ3) is 3.50. The highest BCUT2D eigenvalue weighted by atomic mass is 16.5. The summed E-state index contributed by atoms with van der Waals surface area (Å²) in [6.45, 7) is 3.64. The summed E-state index contributed by atoms with van der Waals surface area (Å²) in [5.41, 5.74) is 0.307. The number of rotatable bonds is 5. The van der Waals surface area contributed by atoms with Gasteiger partial charge in [0.05, 0.1) is 7.11 Å². The zero-order valence-electron chi connectivity index (χ0n) is 8.77. The number of hydrogen-bond acceptors (Lipinski definition) is 4. The van der Waals surface area contributed by atoms with Crippen LogP contribution in [0.4, 0.5) is 0 Å². The van der Waals surface area contributed by atoms with Gasteiger partial charge >= 0.3 is 5.97 Å². The number of carbonyl (C=O) groups excluding carboxylic acids is 1. The van der Waals surface area contributed by atoms with E-state index >= 15 is 0 Å². The quantitative estimate of drug-likeness (QED) is 0.418. The lowest BCUT2D eigenvalue weighted by Gasteiger charge is -2.01. The Hall–Kier alpha value is -1.71. The van der Waals surface area contributed by atoms with Crippen molar-refractivity contribution >= 4 is 5.97 Å². The van der Waals surface area contributed by atoms with Crippen molar-refractivity contribution in [3.05, 3.63) is 36.4 Å². The highest BCUT2D eigenvalue weighted by Crippen LogP contribution is 2.02. The van der Waals surface area contributed by atoms with Crippen LogP contribution >= 0.6 is 0 Å². The summed E-state index contributed by atoms with van der Waals surface area (Å²) >= 11 is 0. The maximum absolute atomic E-state index is 11.2. The molecule has 4 heteroatoms. The molecular formula is C11H14N2O2. The first-order valence-electron chi connectivity index (χ1n) is 4.79. The fraction of sp³-hybridized carbons (Fsp3) is 0.364. The molecule has 1 aromatic heterocycles. The Morgan fingerprint density at radius 1 is 1.67 bits per heavy atom. The number of carbonyl (C=O) groups is 1. The molecule has 1 aromatic rings. The Balaban J connectivity index is 2.65. The second-order valence-corrected chi connectivity index (χ2v) is 3.03. The molecule has 15 heavy (non-hydrogen) atoms. The van der Waals surface area contributed by atoms with Gasteiger partial charge in [0.15, 0.2) is 5.69 Å². The van der Waals surface area contributed by atoms with E-state index in [0.29, 0.717) is 11.5 Å². The standard InChI is InChI=1S/C11H14N2O2/c1-3-4-5-6-10-12-8-7-9(13-10)11(14)15-2/h3,7-8H,1,4-6H2,2H3. The van der Waals surface area contributed by atoms with Gasteiger partial charge in [0.1, 0.15) is 5.82 Å². The van der Waals surface area contributed by atoms with Crippen molar-refractivity contribution in [1.29, 1.82) is 0 Å². The number of methoxy groups -OCH3 is 1. The van der Waals surface area contributed by atoms with E-state index in [1.54, 1.807) is 12.3 Å². The van der Waals surface area contributed by atoms with Crippen molar-refractivity contribution in [2.45, 2.75) is 19.3 Å². The third-order valence-electron chi connectivity index (χ3n) is 1.91. The van der Waals surface area contributed by atoms with Gasteiger partial charge in [-0.15, -0.1) is 6.58 Å². The lowest BCUT2D eigenvalue weighted by atomic mass is 10.2. The number of unbranched alkanes of at least 4 members (excludes halogenated alkanes) is 1.